The van der Waals surface area contributed by atoms with E-state index in [9.17, 15) is 14.4 Å². The minimum atomic E-state index is -0.608. The third kappa shape index (κ3) is 2.97. The van der Waals surface area contributed by atoms with Crippen LogP contribution in [0, 0.1) is 5.92 Å². The Labute approximate surface area is 76.3 Å². The molecule has 0 aromatic heterocycles. The zero-order chi connectivity index (χ0) is 9.84. The van der Waals surface area contributed by atoms with Crippen molar-refractivity contribution >= 4 is 17.7 Å². The second-order valence-electron chi connectivity index (χ2n) is 3.24. The molecular weight excluding hydrogens is 172 g/mol. The molecule has 0 bridgehead atoms. The monoisotopic (exact) mass is 184 g/mol. The van der Waals surface area contributed by atoms with Crippen molar-refractivity contribution < 1.29 is 19.1 Å². The topological polar surface area (TPSA) is 60.4 Å². The predicted octanol–water partition coefficient (Wildman–Crippen LogP) is 0.835. The lowest BCUT2D eigenvalue weighted by Gasteiger charge is -2.17. The van der Waals surface area contributed by atoms with Gasteiger partial charge in [0.2, 0.25) is 0 Å². The van der Waals surface area contributed by atoms with Crippen LogP contribution in [0.15, 0.2) is 0 Å². The van der Waals surface area contributed by atoms with E-state index in [0.717, 1.165) is 6.42 Å². The normalized spacial score (nSPS) is 22.5. The molecule has 1 saturated carbocycles. The summed E-state index contributed by atoms with van der Waals surface area (Å²) in [5.41, 5.74) is 0. The molecule has 0 saturated heterocycles. The van der Waals surface area contributed by atoms with Crippen LogP contribution in [0.2, 0.25) is 0 Å². The number of ketones is 1. The van der Waals surface area contributed by atoms with Crippen LogP contribution < -0.4 is 0 Å². The number of Topliss-reactive ketones (excluding diaryl/α,β-unsaturated/α-hetero) is 1. The van der Waals surface area contributed by atoms with E-state index >= 15 is 0 Å². The smallest absolute Gasteiger partial charge is 0.317 e. The van der Waals surface area contributed by atoms with E-state index in [1.807, 2.05) is 0 Å². The number of hydrogen-bond donors (Lipinski definition) is 0. The second kappa shape index (κ2) is 4.16. The molecule has 0 amide bonds. The maximum Gasteiger partial charge on any atom is 0.317 e. The summed E-state index contributed by atoms with van der Waals surface area (Å²) in [6.45, 7) is 1.18. The summed E-state index contributed by atoms with van der Waals surface area (Å²) in [5, 5.41) is 0. The fraction of sp³-hybridized carbons (Fsp3) is 0.667. The van der Waals surface area contributed by atoms with E-state index in [1.165, 1.54) is 6.92 Å². The van der Waals surface area contributed by atoms with Crippen LogP contribution in [-0.4, -0.2) is 17.7 Å². The molecule has 0 N–H and O–H groups in total. The molecule has 13 heavy (non-hydrogen) atoms. The molecule has 4 heteroatoms. The third-order valence-corrected chi connectivity index (χ3v) is 2.06. The first kappa shape index (κ1) is 9.89. The van der Waals surface area contributed by atoms with Crippen LogP contribution in [0.1, 0.15) is 32.6 Å². The van der Waals surface area contributed by atoms with Crippen molar-refractivity contribution in [2.24, 2.45) is 5.92 Å². The molecule has 4 nitrogen and oxygen atoms in total. The minimum absolute atomic E-state index is 0.0803. The first-order chi connectivity index (χ1) is 6.09. The Morgan fingerprint density at radius 1 is 1.46 bits per heavy atom. The largest absolute Gasteiger partial charge is 0.393 e. The molecule has 72 valence electrons. The highest BCUT2D eigenvalue weighted by Gasteiger charge is 2.27. The van der Waals surface area contributed by atoms with Crippen molar-refractivity contribution in [1.82, 2.24) is 0 Å². The first-order valence-corrected chi connectivity index (χ1v) is 4.33. The van der Waals surface area contributed by atoms with E-state index in [-0.39, 0.29) is 12.2 Å². The maximum atomic E-state index is 11.2. The van der Waals surface area contributed by atoms with Crippen LogP contribution in [-0.2, 0) is 19.1 Å². The van der Waals surface area contributed by atoms with E-state index in [4.69, 9.17) is 0 Å². The highest BCUT2D eigenvalue weighted by atomic mass is 16.6. The van der Waals surface area contributed by atoms with Gasteiger partial charge in [0, 0.05) is 19.8 Å². The fourth-order valence-electron chi connectivity index (χ4n) is 1.45. The van der Waals surface area contributed by atoms with Gasteiger partial charge < -0.3 is 4.74 Å². The lowest BCUT2D eigenvalue weighted by Crippen LogP contribution is -2.25. The quantitative estimate of drug-likeness (QED) is 0.447. The third-order valence-electron chi connectivity index (χ3n) is 2.06. The summed E-state index contributed by atoms with van der Waals surface area (Å²) >= 11 is 0. The molecule has 1 rings (SSSR count). The fourth-order valence-corrected chi connectivity index (χ4v) is 1.45. The van der Waals surface area contributed by atoms with Gasteiger partial charge in [0.05, 0.1) is 5.92 Å². The molecule has 1 aliphatic rings. The van der Waals surface area contributed by atoms with Gasteiger partial charge in [-0.1, -0.05) is 0 Å². The zero-order valence-corrected chi connectivity index (χ0v) is 7.54. The van der Waals surface area contributed by atoms with Gasteiger partial charge in [-0.15, -0.1) is 0 Å². The molecule has 0 spiro atoms. The number of hydrogen-bond acceptors (Lipinski definition) is 4. The molecule has 0 radical (unpaired) electrons. The summed E-state index contributed by atoms with van der Waals surface area (Å²) < 4.78 is 4.41. The molecule has 0 aromatic rings. The van der Waals surface area contributed by atoms with Crippen LogP contribution in [0.4, 0.5) is 0 Å². The van der Waals surface area contributed by atoms with Gasteiger partial charge in [-0.05, 0) is 12.8 Å². The van der Waals surface area contributed by atoms with Crippen LogP contribution in [0.25, 0.3) is 0 Å². The molecule has 1 aliphatic carbocycles. The van der Waals surface area contributed by atoms with Gasteiger partial charge in [0.1, 0.15) is 5.78 Å². The number of carbonyl (C=O) groups excluding carboxylic acids is 3. The minimum Gasteiger partial charge on any atom is -0.393 e. The van der Waals surface area contributed by atoms with Gasteiger partial charge in [0.25, 0.3) is 0 Å². The highest BCUT2D eigenvalue weighted by Crippen LogP contribution is 2.22. The van der Waals surface area contributed by atoms with Crippen molar-refractivity contribution in [2.75, 3.05) is 0 Å². The second-order valence-corrected chi connectivity index (χ2v) is 3.24. The van der Waals surface area contributed by atoms with Crippen LogP contribution >= 0.6 is 0 Å². The standard InChI is InChI=1S/C9H12O4/c1-6(10)13-9(12)7-3-2-4-8(11)5-7/h7H,2-5H2,1H3. The lowest BCUT2D eigenvalue weighted by molar-refractivity contribution is -0.162. The summed E-state index contributed by atoms with van der Waals surface area (Å²) in [6.07, 6.45) is 2.14. The highest BCUT2D eigenvalue weighted by molar-refractivity contribution is 5.90. The molecule has 1 unspecified atom stereocenters. The van der Waals surface area contributed by atoms with Crippen molar-refractivity contribution in [2.45, 2.75) is 32.6 Å². The van der Waals surface area contributed by atoms with Crippen LogP contribution in [0.5, 0.6) is 0 Å². The van der Waals surface area contributed by atoms with E-state index in [1.54, 1.807) is 0 Å². The summed E-state index contributed by atoms with van der Waals surface area (Å²) in [5.74, 6) is -1.48. The van der Waals surface area contributed by atoms with Crippen molar-refractivity contribution in [3.8, 4) is 0 Å². The SMILES string of the molecule is CC(=O)OC(=O)C1CCCC(=O)C1. The summed E-state index contributed by atoms with van der Waals surface area (Å²) in [7, 11) is 0. The average Bonchev–Trinajstić information content (AvgIpc) is 2.03. The Morgan fingerprint density at radius 2 is 2.15 bits per heavy atom. The molecule has 0 aliphatic heterocycles. The van der Waals surface area contributed by atoms with Crippen molar-refractivity contribution in [3.05, 3.63) is 0 Å². The van der Waals surface area contributed by atoms with Crippen LogP contribution in [0.3, 0.4) is 0 Å². The Bertz CT molecular complexity index is 244. The van der Waals surface area contributed by atoms with E-state index < -0.39 is 17.9 Å². The van der Waals surface area contributed by atoms with Crippen molar-refractivity contribution in [3.63, 3.8) is 0 Å². The van der Waals surface area contributed by atoms with E-state index in [2.05, 4.69) is 4.74 Å². The number of ether oxygens (including phenoxy) is 1. The molecule has 1 atom stereocenters. The lowest BCUT2D eigenvalue weighted by atomic mass is 9.88. The van der Waals surface area contributed by atoms with Gasteiger partial charge in [0.15, 0.2) is 0 Å². The van der Waals surface area contributed by atoms with Gasteiger partial charge in [-0.3, -0.25) is 14.4 Å². The summed E-state index contributed by atoms with van der Waals surface area (Å²) in [4.78, 5) is 32.6. The number of esters is 2. The Morgan fingerprint density at radius 3 is 2.69 bits per heavy atom. The average molecular weight is 184 g/mol. The van der Waals surface area contributed by atoms with Gasteiger partial charge in [-0.2, -0.15) is 0 Å². The Balaban J connectivity index is 2.46. The van der Waals surface area contributed by atoms with Crippen molar-refractivity contribution in [1.29, 1.82) is 0 Å². The predicted molar refractivity (Wildman–Crippen MR) is 43.7 cm³/mol. The Kier molecular flexibility index (Phi) is 3.17. The number of rotatable bonds is 1. The van der Waals surface area contributed by atoms with Gasteiger partial charge in [-0.25, -0.2) is 0 Å². The maximum absolute atomic E-state index is 11.2. The Hall–Kier alpha value is -1.19. The first-order valence-electron chi connectivity index (χ1n) is 4.33. The molecule has 1 fully saturated rings. The summed E-state index contributed by atoms with van der Waals surface area (Å²) in [6, 6.07) is 0. The number of carbonyl (C=O) groups is 3. The zero-order valence-electron chi connectivity index (χ0n) is 7.54. The van der Waals surface area contributed by atoms with E-state index in [0.29, 0.717) is 12.8 Å². The van der Waals surface area contributed by atoms with Gasteiger partial charge >= 0.3 is 11.9 Å². The molecule has 0 heterocycles. The molecular formula is C9H12O4. The molecule has 0 aromatic carbocycles.